The average molecular weight is 368 g/mol. The molecule has 0 saturated carbocycles. The molecule has 0 aromatic carbocycles. The van der Waals surface area contributed by atoms with Gasteiger partial charge in [0.2, 0.25) is 0 Å². The molecule has 1 aliphatic heterocycles. The van der Waals surface area contributed by atoms with Crippen molar-refractivity contribution in [2.45, 2.75) is 12.5 Å². The molecule has 1 N–H and O–H groups in total. The summed E-state index contributed by atoms with van der Waals surface area (Å²) in [4.78, 5) is 3.92. The minimum absolute atomic E-state index is 0.569. The Balaban J connectivity index is 2.22. The SMILES string of the molecule is CNCC1CCN(C)C1c1cc(Br)c(Br)s1. The minimum Gasteiger partial charge on any atom is -0.319 e. The first-order valence-corrected chi connectivity index (χ1v) is 7.83. The monoisotopic (exact) mass is 366 g/mol. The Labute approximate surface area is 118 Å². The third-order valence-corrected chi connectivity index (χ3v) is 6.52. The lowest BCUT2D eigenvalue weighted by Crippen LogP contribution is -2.26. The quantitative estimate of drug-likeness (QED) is 0.879. The van der Waals surface area contributed by atoms with Crippen molar-refractivity contribution in [3.8, 4) is 0 Å². The van der Waals surface area contributed by atoms with Gasteiger partial charge in [0.1, 0.15) is 0 Å². The predicted octanol–water partition coefficient (Wildman–Crippen LogP) is 3.49. The molecule has 1 aromatic rings. The topological polar surface area (TPSA) is 15.3 Å². The van der Waals surface area contributed by atoms with Crippen LogP contribution in [0.4, 0.5) is 0 Å². The van der Waals surface area contributed by atoms with Crippen LogP contribution < -0.4 is 5.32 Å². The molecule has 1 aromatic heterocycles. The number of likely N-dealkylation sites (tertiary alicyclic amines) is 1. The molecule has 0 spiro atoms. The average Bonchev–Trinajstić information content (AvgIpc) is 2.73. The molecule has 16 heavy (non-hydrogen) atoms. The van der Waals surface area contributed by atoms with E-state index in [-0.39, 0.29) is 0 Å². The van der Waals surface area contributed by atoms with Crippen molar-refractivity contribution in [2.75, 3.05) is 27.2 Å². The molecule has 5 heteroatoms. The molecule has 2 unspecified atom stereocenters. The number of thiophene rings is 1. The summed E-state index contributed by atoms with van der Waals surface area (Å²) in [6, 6.07) is 2.82. The summed E-state index contributed by atoms with van der Waals surface area (Å²) >= 11 is 9.00. The molecule has 2 rings (SSSR count). The molecule has 1 aliphatic rings. The number of rotatable bonds is 3. The van der Waals surface area contributed by atoms with Crippen molar-refractivity contribution in [2.24, 2.45) is 5.92 Å². The van der Waals surface area contributed by atoms with Gasteiger partial charge in [-0.05, 0) is 77.4 Å². The lowest BCUT2D eigenvalue weighted by molar-refractivity contribution is 0.278. The van der Waals surface area contributed by atoms with Crippen LogP contribution in [0.1, 0.15) is 17.3 Å². The van der Waals surface area contributed by atoms with Gasteiger partial charge in [0.25, 0.3) is 0 Å². The van der Waals surface area contributed by atoms with Crippen LogP contribution in [0.25, 0.3) is 0 Å². The zero-order valence-corrected chi connectivity index (χ0v) is 13.5. The molecule has 1 fully saturated rings. The Morgan fingerprint density at radius 3 is 2.88 bits per heavy atom. The van der Waals surface area contributed by atoms with Crippen LogP contribution in [-0.4, -0.2) is 32.1 Å². The predicted molar refractivity (Wildman–Crippen MR) is 77.1 cm³/mol. The minimum atomic E-state index is 0.569. The molecule has 2 heterocycles. The van der Waals surface area contributed by atoms with Crippen LogP contribution in [0.2, 0.25) is 0 Å². The largest absolute Gasteiger partial charge is 0.319 e. The van der Waals surface area contributed by atoms with E-state index in [9.17, 15) is 0 Å². The summed E-state index contributed by atoms with van der Waals surface area (Å²) in [5.41, 5.74) is 0. The van der Waals surface area contributed by atoms with Crippen LogP contribution in [0, 0.1) is 5.92 Å². The Kier molecular flexibility index (Phi) is 4.46. The molecule has 0 aliphatic carbocycles. The highest BCUT2D eigenvalue weighted by Gasteiger charge is 2.33. The molecule has 1 saturated heterocycles. The Morgan fingerprint density at radius 1 is 1.56 bits per heavy atom. The van der Waals surface area contributed by atoms with Gasteiger partial charge < -0.3 is 5.32 Å². The van der Waals surface area contributed by atoms with E-state index in [4.69, 9.17) is 0 Å². The highest BCUT2D eigenvalue weighted by molar-refractivity contribution is 9.13. The van der Waals surface area contributed by atoms with Crippen LogP contribution in [0.5, 0.6) is 0 Å². The molecule has 0 bridgehead atoms. The van der Waals surface area contributed by atoms with Crippen LogP contribution in [-0.2, 0) is 0 Å². The highest BCUT2D eigenvalue weighted by atomic mass is 79.9. The normalized spacial score (nSPS) is 26.5. The smallest absolute Gasteiger partial charge is 0.0843 e. The molecular formula is C11H16Br2N2S. The maximum absolute atomic E-state index is 3.58. The van der Waals surface area contributed by atoms with E-state index in [1.807, 2.05) is 18.4 Å². The highest BCUT2D eigenvalue weighted by Crippen LogP contribution is 2.43. The van der Waals surface area contributed by atoms with E-state index in [1.54, 1.807) is 0 Å². The van der Waals surface area contributed by atoms with Gasteiger partial charge in [-0.25, -0.2) is 0 Å². The van der Waals surface area contributed by atoms with Gasteiger partial charge in [0, 0.05) is 15.4 Å². The summed E-state index contributed by atoms with van der Waals surface area (Å²) < 4.78 is 2.38. The van der Waals surface area contributed by atoms with Crippen molar-refractivity contribution in [3.63, 3.8) is 0 Å². The lowest BCUT2D eigenvalue weighted by atomic mass is 9.99. The van der Waals surface area contributed by atoms with E-state index in [1.165, 1.54) is 26.1 Å². The summed E-state index contributed by atoms with van der Waals surface area (Å²) in [5, 5.41) is 3.31. The second kappa shape index (κ2) is 5.48. The number of nitrogens with one attached hydrogen (secondary N) is 1. The summed E-state index contributed by atoms with van der Waals surface area (Å²) in [6.07, 6.45) is 1.29. The number of nitrogens with zero attached hydrogens (tertiary/aromatic N) is 1. The van der Waals surface area contributed by atoms with Gasteiger partial charge >= 0.3 is 0 Å². The first kappa shape index (κ1) is 13.0. The molecule has 2 atom stereocenters. The van der Waals surface area contributed by atoms with Crippen molar-refractivity contribution in [3.05, 3.63) is 19.2 Å². The number of hydrogen-bond donors (Lipinski definition) is 1. The number of hydrogen-bond acceptors (Lipinski definition) is 3. The summed E-state index contributed by atoms with van der Waals surface area (Å²) in [7, 11) is 4.26. The van der Waals surface area contributed by atoms with Gasteiger partial charge in [-0.3, -0.25) is 4.90 Å². The van der Waals surface area contributed by atoms with E-state index in [0.717, 1.165) is 12.5 Å². The third kappa shape index (κ3) is 2.53. The molecule has 0 amide bonds. The van der Waals surface area contributed by atoms with Gasteiger partial charge in [-0.1, -0.05) is 0 Å². The van der Waals surface area contributed by atoms with Gasteiger partial charge in [-0.2, -0.15) is 0 Å². The second-order valence-corrected chi connectivity index (χ2v) is 7.56. The van der Waals surface area contributed by atoms with Crippen molar-refractivity contribution >= 4 is 43.2 Å². The zero-order valence-electron chi connectivity index (χ0n) is 9.46. The molecule has 0 radical (unpaired) electrons. The fourth-order valence-corrected chi connectivity index (χ4v) is 4.81. The summed E-state index contributed by atoms with van der Waals surface area (Å²) in [6.45, 7) is 2.30. The fraction of sp³-hybridized carbons (Fsp3) is 0.636. The Morgan fingerprint density at radius 2 is 2.31 bits per heavy atom. The summed E-state index contributed by atoms with van der Waals surface area (Å²) in [5.74, 6) is 0.729. The Hall–Kier alpha value is 0.580. The van der Waals surface area contributed by atoms with Crippen LogP contribution >= 0.6 is 43.2 Å². The Bertz CT molecular complexity index is 345. The molecule has 2 nitrogen and oxygen atoms in total. The first-order chi connectivity index (χ1) is 7.63. The standard InChI is InChI=1S/C11H16Br2N2S/c1-14-6-7-3-4-15(2)10(7)9-5-8(12)11(13)16-9/h5,7,10,14H,3-4,6H2,1-2H3. The van der Waals surface area contributed by atoms with E-state index in [2.05, 4.69) is 55.2 Å². The lowest BCUT2D eigenvalue weighted by Gasteiger charge is -2.23. The van der Waals surface area contributed by atoms with Crippen molar-refractivity contribution in [1.29, 1.82) is 0 Å². The second-order valence-electron chi connectivity index (χ2n) is 4.30. The van der Waals surface area contributed by atoms with Gasteiger partial charge in [0.05, 0.1) is 3.79 Å². The third-order valence-electron chi connectivity index (χ3n) is 3.20. The van der Waals surface area contributed by atoms with E-state index < -0.39 is 0 Å². The maximum Gasteiger partial charge on any atom is 0.0843 e. The van der Waals surface area contributed by atoms with Crippen LogP contribution in [0.15, 0.2) is 14.3 Å². The van der Waals surface area contributed by atoms with Crippen molar-refractivity contribution in [1.82, 2.24) is 10.2 Å². The van der Waals surface area contributed by atoms with Crippen molar-refractivity contribution < 1.29 is 0 Å². The first-order valence-electron chi connectivity index (χ1n) is 5.43. The van der Waals surface area contributed by atoms with Gasteiger partial charge in [0.15, 0.2) is 0 Å². The molecular weight excluding hydrogens is 352 g/mol. The number of halogens is 2. The maximum atomic E-state index is 3.58. The van der Waals surface area contributed by atoms with E-state index in [0.29, 0.717) is 6.04 Å². The molecule has 90 valence electrons. The fourth-order valence-electron chi connectivity index (χ4n) is 2.46. The van der Waals surface area contributed by atoms with Crippen LogP contribution in [0.3, 0.4) is 0 Å². The van der Waals surface area contributed by atoms with E-state index >= 15 is 0 Å². The zero-order chi connectivity index (χ0) is 11.7. The van der Waals surface area contributed by atoms with Gasteiger partial charge in [-0.15, -0.1) is 11.3 Å².